The van der Waals surface area contributed by atoms with Gasteiger partial charge in [0.05, 0.1) is 11.2 Å². The van der Waals surface area contributed by atoms with Crippen LogP contribution in [0.3, 0.4) is 0 Å². The van der Waals surface area contributed by atoms with Gasteiger partial charge in [0.2, 0.25) is 0 Å². The van der Waals surface area contributed by atoms with Gasteiger partial charge < -0.3 is 24.9 Å². The summed E-state index contributed by atoms with van der Waals surface area (Å²) in [5.74, 6) is 0.572. The van der Waals surface area contributed by atoms with Gasteiger partial charge in [-0.05, 0) is 37.6 Å². The number of halogens is 1. The normalized spacial score (nSPS) is 11.7. The Kier molecular flexibility index (Phi) is 10.3. The first-order valence-corrected chi connectivity index (χ1v) is 11.5. The Balaban J connectivity index is 0.000000294. The number of aromatic nitrogens is 1. The predicted octanol–water partition coefficient (Wildman–Crippen LogP) is 3.71. The Labute approximate surface area is 192 Å². The van der Waals surface area contributed by atoms with Gasteiger partial charge in [-0.2, -0.15) is 13.4 Å². The van der Waals surface area contributed by atoms with Crippen LogP contribution in [0.4, 0.5) is 10.4 Å². The number of nitrogens with one attached hydrogen (secondary N) is 1. The average Bonchev–Trinajstić information content (AvgIpc) is 3.20. The van der Waals surface area contributed by atoms with Crippen molar-refractivity contribution < 1.29 is 31.3 Å². The van der Waals surface area contributed by atoms with Crippen molar-refractivity contribution in [2.45, 2.75) is 18.2 Å². The van der Waals surface area contributed by atoms with Crippen molar-refractivity contribution in [3.63, 3.8) is 0 Å². The third-order valence-corrected chi connectivity index (χ3v) is 5.19. The van der Waals surface area contributed by atoms with E-state index in [2.05, 4.69) is 10.3 Å². The summed E-state index contributed by atoms with van der Waals surface area (Å²) in [5.41, 5.74) is 8.04. The lowest BCUT2D eigenvalue weighted by Gasteiger charge is -2.06. The number of nitrogens with zero attached hydrogens (tertiary/aromatic N) is 1. The van der Waals surface area contributed by atoms with E-state index in [4.69, 9.17) is 24.2 Å². The summed E-state index contributed by atoms with van der Waals surface area (Å²) in [4.78, 5) is 4.25. The molecule has 0 aliphatic heterocycles. The van der Waals surface area contributed by atoms with Crippen molar-refractivity contribution in [2.24, 2.45) is 5.73 Å². The van der Waals surface area contributed by atoms with Crippen molar-refractivity contribution in [1.82, 2.24) is 4.98 Å². The van der Waals surface area contributed by atoms with Crippen molar-refractivity contribution in [3.05, 3.63) is 59.9 Å². The van der Waals surface area contributed by atoms with E-state index in [1.54, 1.807) is 37.4 Å². The molecule has 0 bridgehead atoms. The molecule has 0 unspecified atom stereocenters. The molecule has 1 heterocycles. The van der Waals surface area contributed by atoms with Crippen LogP contribution < -0.4 is 15.8 Å². The van der Waals surface area contributed by atoms with Crippen LogP contribution in [0.5, 0.6) is 5.75 Å². The second-order valence-electron chi connectivity index (χ2n) is 6.97. The Morgan fingerprint density at radius 2 is 2.00 bits per heavy atom. The molecule has 180 valence electrons. The Morgan fingerprint density at radius 3 is 2.61 bits per heavy atom. The van der Waals surface area contributed by atoms with Gasteiger partial charge in [-0.15, -0.1) is 0 Å². The Morgan fingerprint density at radius 1 is 1.27 bits per heavy atom. The summed E-state index contributed by atoms with van der Waals surface area (Å²) in [7, 11) is -2.36. The van der Waals surface area contributed by atoms with Gasteiger partial charge in [-0.3, -0.25) is 4.55 Å². The van der Waals surface area contributed by atoms with E-state index in [0.717, 1.165) is 17.5 Å². The molecule has 0 aliphatic carbocycles. The number of methoxy groups -OCH3 is 1. The minimum Gasteiger partial charge on any atom is -0.489 e. The molecule has 3 aromatic rings. The summed E-state index contributed by atoms with van der Waals surface area (Å²) < 4.78 is 58.0. The summed E-state index contributed by atoms with van der Waals surface area (Å²) in [5, 5.41) is 3.08. The largest absolute Gasteiger partial charge is 0.489 e. The summed E-state index contributed by atoms with van der Waals surface area (Å²) in [6.45, 7) is 3.46. The lowest BCUT2D eigenvalue weighted by Crippen LogP contribution is -2.10. The van der Waals surface area contributed by atoms with Crippen molar-refractivity contribution in [3.8, 4) is 5.75 Å². The molecule has 2 aromatic carbocycles. The molecule has 0 saturated heterocycles. The summed E-state index contributed by atoms with van der Waals surface area (Å²) in [6, 6.07) is 11.7. The smallest absolute Gasteiger partial charge is 0.295 e. The van der Waals surface area contributed by atoms with Gasteiger partial charge >= 0.3 is 0 Å². The van der Waals surface area contributed by atoms with Gasteiger partial charge in [-0.25, -0.2) is 4.39 Å². The molecule has 3 rings (SSSR count). The topological polar surface area (TPSA) is 137 Å². The monoisotopic (exact) mass is 481 g/mol. The fourth-order valence-electron chi connectivity index (χ4n) is 2.50. The van der Waals surface area contributed by atoms with Crippen LogP contribution in [-0.2, 0) is 14.9 Å². The van der Waals surface area contributed by atoms with Crippen molar-refractivity contribution in [1.29, 1.82) is 0 Å². The fraction of sp³-hybridized carbons (Fsp3) is 0.318. The number of rotatable bonds is 10. The third kappa shape index (κ3) is 8.81. The van der Waals surface area contributed by atoms with Gasteiger partial charge in [0.15, 0.2) is 5.58 Å². The molecular weight excluding hydrogens is 453 g/mol. The van der Waals surface area contributed by atoms with Crippen molar-refractivity contribution >= 4 is 27.2 Å². The zero-order chi connectivity index (χ0) is 24.3. The Hall–Kier alpha value is -2.99. The number of anilines is 1. The predicted molar refractivity (Wildman–Crippen MR) is 124 cm³/mol. The molecule has 0 aliphatic rings. The number of benzene rings is 2. The van der Waals surface area contributed by atoms with Gasteiger partial charge in [0, 0.05) is 38.4 Å². The Bertz CT molecular complexity index is 1150. The minimum atomic E-state index is -4.02. The number of fused-ring (bicyclic) bond motifs is 1. The molecule has 1 aromatic heterocycles. The number of aryl methyl sites for hydroxylation is 1. The first kappa shape index (κ1) is 26.3. The maximum Gasteiger partial charge on any atom is 0.295 e. The molecule has 11 heteroatoms. The summed E-state index contributed by atoms with van der Waals surface area (Å²) >= 11 is 0. The van der Waals surface area contributed by atoms with E-state index in [1.165, 1.54) is 12.1 Å². The molecule has 33 heavy (non-hydrogen) atoms. The molecule has 4 N–H and O–H groups in total. The number of hydrogen-bond donors (Lipinski definition) is 3. The lowest BCUT2D eigenvalue weighted by molar-refractivity contribution is 0.197. The number of nitrogens with two attached hydrogens (primary N) is 1. The maximum atomic E-state index is 12.4. The maximum absolute atomic E-state index is 12.4. The van der Waals surface area contributed by atoms with Crippen LogP contribution in [0.1, 0.15) is 12.0 Å². The minimum absolute atomic E-state index is 0.0666. The first-order chi connectivity index (χ1) is 15.8. The number of oxazole rings is 1. The molecule has 0 atom stereocenters. The van der Waals surface area contributed by atoms with Gasteiger partial charge in [-0.1, -0.05) is 17.7 Å². The average molecular weight is 482 g/mol. The van der Waals surface area contributed by atoms with Crippen LogP contribution in [0.25, 0.3) is 11.1 Å². The van der Waals surface area contributed by atoms with E-state index >= 15 is 0 Å². The lowest BCUT2D eigenvalue weighted by atomic mass is 10.2. The molecule has 9 nitrogen and oxygen atoms in total. The molecule has 0 saturated carbocycles. The first-order valence-electron chi connectivity index (χ1n) is 10.1. The fourth-order valence-corrected chi connectivity index (χ4v) is 2.98. The van der Waals surface area contributed by atoms with E-state index in [9.17, 15) is 12.8 Å². The van der Waals surface area contributed by atoms with Crippen LogP contribution >= 0.6 is 0 Å². The second-order valence-corrected chi connectivity index (χ2v) is 8.39. The highest BCUT2D eigenvalue weighted by molar-refractivity contribution is 7.85. The van der Waals surface area contributed by atoms with E-state index in [0.29, 0.717) is 42.4 Å². The van der Waals surface area contributed by atoms with Crippen LogP contribution in [0, 0.1) is 6.92 Å². The van der Waals surface area contributed by atoms with E-state index in [-0.39, 0.29) is 18.0 Å². The summed E-state index contributed by atoms with van der Waals surface area (Å²) in [6.07, 6.45) is 1.33. The molecular formula is C22H28FN3O6S. The quantitative estimate of drug-likeness (QED) is 0.292. The molecule has 0 radical (unpaired) electrons. The van der Waals surface area contributed by atoms with Gasteiger partial charge in [0.1, 0.15) is 17.9 Å². The highest BCUT2D eigenvalue weighted by Gasteiger charge is 2.08. The highest BCUT2D eigenvalue weighted by atomic mass is 32.2. The molecule has 0 amide bonds. The molecule has 0 spiro atoms. The van der Waals surface area contributed by atoms with Gasteiger partial charge in [0.25, 0.3) is 16.1 Å². The SMILES string of the molecule is COCCCNc1nc2ccc(OC/C(=C\F)CN)cc2o1.Cc1ccc(S(=O)(=O)O)cc1. The second kappa shape index (κ2) is 12.9. The zero-order valence-electron chi connectivity index (χ0n) is 18.5. The number of hydrogen-bond acceptors (Lipinski definition) is 8. The van der Waals surface area contributed by atoms with Crippen LogP contribution in [0.15, 0.2) is 63.7 Å². The van der Waals surface area contributed by atoms with Crippen LogP contribution in [-0.4, -0.2) is 51.4 Å². The zero-order valence-corrected chi connectivity index (χ0v) is 19.3. The highest BCUT2D eigenvalue weighted by Crippen LogP contribution is 2.24. The molecule has 0 fully saturated rings. The third-order valence-electron chi connectivity index (χ3n) is 4.32. The standard InChI is InChI=1S/C15H20FN3O3.C7H8O3S/c1-20-6-2-5-18-15-19-13-4-3-12(7-14(13)22-15)21-10-11(8-16)9-17;1-6-2-4-7(5-3-6)11(8,9)10/h3-4,7-8H,2,5-6,9-10,17H2,1H3,(H,18,19);2-5H,1H3,(H,8,9,10)/b11-8-;. The van der Waals surface area contributed by atoms with E-state index < -0.39 is 10.1 Å². The number of ether oxygens (including phenoxy) is 2. The van der Waals surface area contributed by atoms with E-state index in [1.807, 2.05) is 6.92 Å². The van der Waals surface area contributed by atoms with Crippen LogP contribution in [0.2, 0.25) is 0 Å². The van der Waals surface area contributed by atoms with Crippen molar-refractivity contribution in [2.75, 3.05) is 38.7 Å².